The van der Waals surface area contributed by atoms with E-state index in [1.807, 2.05) is 0 Å². The van der Waals surface area contributed by atoms with E-state index in [0.29, 0.717) is 5.76 Å². The third-order valence-corrected chi connectivity index (χ3v) is 6.58. The van der Waals surface area contributed by atoms with Crippen LogP contribution in [0, 0.1) is 11.8 Å². The highest BCUT2D eigenvalue weighted by molar-refractivity contribution is 5.81. The summed E-state index contributed by atoms with van der Waals surface area (Å²) in [5.74, 6) is 1.41. The normalized spacial score (nSPS) is 27.2. The molecule has 0 aromatic carbocycles. The summed E-state index contributed by atoms with van der Waals surface area (Å²) in [7, 11) is 0. The van der Waals surface area contributed by atoms with Gasteiger partial charge < -0.3 is 29.2 Å². The lowest BCUT2D eigenvalue weighted by atomic mass is 9.76. The highest BCUT2D eigenvalue weighted by Crippen LogP contribution is 2.36. The minimum absolute atomic E-state index is 0.0651. The highest BCUT2D eigenvalue weighted by atomic mass is 16.5. The molecule has 0 heterocycles. The van der Waals surface area contributed by atoms with Crippen molar-refractivity contribution >= 4 is 5.97 Å². The second-order valence-corrected chi connectivity index (χ2v) is 9.31. The molecule has 2 atom stereocenters. The molecule has 2 unspecified atom stereocenters. The quantitative estimate of drug-likeness (QED) is 0.164. The Kier molecular flexibility index (Phi) is 12.8. The first kappa shape index (κ1) is 27.6. The maximum atomic E-state index is 11.0. The summed E-state index contributed by atoms with van der Waals surface area (Å²) in [5.41, 5.74) is 0. The Morgan fingerprint density at radius 1 is 0.758 bits per heavy atom. The number of ether oxygens (including phenoxy) is 4. The molecular formula is C26H42O7. The van der Waals surface area contributed by atoms with Crippen LogP contribution in [-0.4, -0.2) is 67.0 Å². The molecule has 7 heteroatoms. The molecule has 0 saturated heterocycles. The summed E-state index contributed by atoms with van der Waals surface area (Å²) in [6.45, 7) is 11.1. The van der Waals surface area contributed by atoms with Crippen molar-refractivity contribution in [2.24, 2.45) is 11.8 Å². The Balaban J connectivity index is 1.52. The molecule has 0 radical (unpaired) electrons. The summed E-state index contributed by atoms with van der Waals surface area (Å²) in [5, 5.41) is 19.8. The van der Waals surface area contributed by atoms with Gasteiger partial charge in [-0.15, -0.1) is 0 Å². The second-order valence-electron chi connectivity index (χ2n) is 9.31. The lowest BCUT2D eigenvalue weighted by Crippen LogP contribution is -2.30. The topological polar surface area (TPSA) is 94.5 Å². The molecule has 0 spiro atoms. The minimum Gasteiger partial charge on any atom is -0.491 e. The van der Waals surface area contributed by atoms with Crippen LogP contribution in [0.3, 0.4) is 0 Å². The average Bonchev–Trinajstić information content (AvgIpc) is 2.84. The van der Waals surface area contributed by atoms with Gasteiger partial charge in [-0.25, -0.2) is 4.79 Å². The first-order chi connectivity index (χ1) is 15.9. The first-order valence-corrected chi connectivity index (χ1v) is 12.2. The van der Waals surface area contributed by atoms with E-state index in [1.54, 1.807) is 0 Å². The lowest BCUT2D eigenvalue weighted by molar-refractivity contribution is -0.142. The molecule has 2 fully saturated rings. The fraction of sp³-hybridized carbons (Fsp3) is 0.731. The number of rotatable bonds is 15. The largest absolute Gasteiger partial charge is 0.491 e. The number of aliphatic hydroxyl groups is 2. The van der Waals surface area contributed by atoms with Crippen molar-refractivity contribution in [2.75, 3.05) is 26.4 Å². The Morgan fingerprint density at radius 3 is 1.64 bits per heavy atom. The van der Waals surface area contributed by atoms with Crippen molar-refractivity contribution in [3.8, 4) is 0 Å². The number of allylic oxidation sites excluding steroid dienone is 1. The number of hydrogen-bond acceptors (Lipinski definition) is 7. The number of carbonyl (C=O) groups is 1. The molecule has 0 aromatic rings. The van der Waals surface area contributed by atoms with E-state index in [1.165, 1.54) is 25.3 Å². The van der Waals surface area contributed by atoms with Gasteiger partial charge in [-0.1, -0.05) is 19.7 Å². The summed E-state index contributed by atoms with van der Waals surface area (Å²) >= 11 is 0. The van der Waals surface area contributed by atoms with Gasteiger partial charge in [0.05, 0.1) is 25.4 Å². The fourth-order valence-electron chi connectivity index (χ4n) is 4.63. The Bertz CT molecular complexity index is 552. The SMILES string of the molecule is C=CC(=C)OCC(O)COC1CCC(CC2CCC(OCC(O)COC(=O)C=C)CC2)CC1. The zero-order chi connectivity index (χ0) is 24.1. The zero-order valence-electron chi connectivity index (χ0n) is 19.9. The van der Waals surface area contributed by atoms with Gasteiger partial charge in [-0.05, 0) is 75.7 Å². The molecule has 2 saturated carbocycles. The smallest absolute Gasteiger partial charge is 0.330 e. The van der Waals surface area contributed by atoms with Crippen LogP contribution >= 0.6 is 0 Å². The van der Waals surface area contributed by atoms with Crippen LogP contribution in [0.2, 0.25) is 0 Å². The van der Waals surface area contributed by atoms with Crippen molar-refractivity contribution in [3.05, 3.63) is 37.6 Å². The van der Waals surface area contributed by atoms with Crippen molar-refractivity contribution in [2.45, 2.75) is 82.2 Å². The van der Waals surface area contributed by atoms with Crippen LogP contribution in [0.25, 0.3) is 0 Å². The van der Waals surface area contributed by atoms with Crippen LogP contribution in [0.1, 0.15) is 57.8 Å². The molecular weight excluding hydrogens is 424 g/mol. The predicted octanol–water partition coefficient (Wildman–Crippen LogP) is 3.69. The third-order valence-electron chi connectivity index (χ3n) is 6.58. The lowest BCUT2D eigenvalue weighted by Gasteiger charge is -2.34. The molecule has 2 N–H and O–H groups in total. The van der Waals surface area contributed by atoms with E-state index in [4.69, 9.17) is 18.9 Å². The summed E-state index contributed by atoms with van der Waals surface area (Å²) < 4.78 is 21.8. The van der Waals surface area contributed by atoms with Crippen LogP contribution in [0.15, 0.2) is 37.6 Å². The number of aliphatic hydroxyl groups excluding tert-OH is 2. The molecule has 2 rings (SSSR count). The van der Waals surface area contributed by atoms with E-state index in [2.05, 4.69) is 19.7 Å². The number of esters is 1. The van der Waals surface area contributed by atoms with Crippen molar-refractivity contribution < 1.29 is 34.0 Å². The van der Waals surface area contributed by atoms with Crippen LogP contribution in [-0.2, 0) is 23.7 Å². The van der Waals surface area contributed by atoms with E-state index >= 15 is 0 Å². The fourth-order valence-corrected chi connectivity index (χ4v) is 4.63. The minimum atomic E-state index is -0.802. The van der Waals surface area contributed by atoms with Crippen LogP contribution in [0.4, 0.5) is 0 Å². The number of hydrogen-bond donors (Lipinski definition) is 2. The molecule has 2 aliphatic rings. The first-order valence-electron chi connectivity index (χ1n) is 12.2. The van der Waals surface area contributed by atoms with Crippen molar-refractivity contribution in [1.29, 1.82) is 0 Å². The van der Waals surface area contributed by atoms with Gasteiger partial charge in [0.1, 0.15) is 31.2 Å². The molecule has 0 aliphatic heterocycles. The average molecular weight is 467 g/mol. The van der Waals surface area contributed by atoms with E-state index in [9.17, 15) is 15.0 Å². The Morgan fingerprint density at radius 2 is 1.21 bits per heavy atom. The monoisotopic (exact) mass is 466 g/mol. The van der Waals surface area contributed by atoms with Gasteiger partial charge in [0.15, 0.2) is 0 Å². The Labute approximate surface area is 198 Å². The second kappa shape index (κ2) is 15.3. The maximum absolute atomic E-state index is 11.0. The standard InChI is InChI=1S/C26H42O7/c1-4-19(3)30-15-22(27)16-31-24-10-6-20(7-11-24)14-21-8-12-25(13-9-21)32-17-23(28)18-33-26(29)5-2/h4-5,20-25,27-28H,1-3,6-18H2. The summed E-state index contributed by atoms with van der Waals surface area (Å²) in [6.07, 6.45) is 11.6. The molecule has 7 nitrogen and oxygen atoms in total. The Hall–Kier alpha value is -1.67. The van der Waals surface area contributed by atoms with Crippen LogP contribution < -0.4 is 0 Å². The molecule has 0 aromatic heterocycles. The summed E-state index contributed by atoms with van der Waals surface area (Å²) in [4.78, 5) is 11.0. The van der Waals surface area contributed by atoms with E-state index in [-0.39, 0.29) is 38.6 Å². The zero-order valence-corrected chi connectivity index (χ0v) is 19.9. The van der Waals surface area contributed by atoms with Gasteiger partial charge in [-0.2, -0.15) is 0 Å². The van der Waals surface area contributed by atoms with Gasteiger partial charge in [0, 0.05) is 6.08 Å². The van der Waals surface area contributed by atoms with Crippen molar-refractivity contribution in [1.82, 2.24) is 0 Å². The van der Waals surface area contributed by atoms with Gasteiger partial charge in [0.25, 0.3) is 0 Å². The molecule has 0 amide bonds. The van der Waals surface area contributed by atoms with Crippen LogP contribution in [0.5, 0.6) is 0 Å². The van der Waals surface area contributed by atoms with E-state index in [0.717, 1.165) is 56.4 Å². The van der Waals surface area contributed by atoms with Gasteiger partial charge >= 0.3 is 5.97 Å². The number of carbonyl (C=O) groups excluding carboxylic acids is 1. The maximum Gasteiger partial charge on any atom is 0.330 e. The predicted molar refractivity (Wildman–Crippen MR) is 126 cm³/mol. The van der Waals surface area contributed by atoms with Crippen molar-refractivity contribution in [3.63, 3.8) is 0 Å². The van der Waals surface area contributed by atoms with Gasteiger partial charge in [0.2, 0.25) is 0 Å². The molecule has 188 valence electrons. The highest BCUT2D eigenvalue weighted by Gasteiger charge is 2.28. The third kappa shape index (κ3) is 11.3. The summed E-state index contributed by atoms with van der Waals surface area (Å²) in [6, 6.07) is 0. The van der Waals surface area contributed by atoms with Gasteiger partial charge in [-0.3, -0.25) is 0 Å². The molecule has 0 bridgehead atoms. The van der Waals surface area contributed by atoms with E-state index < -0.39 is 18.2 Å². The molecule has 2 aliphatic carbocycles. The molecule has 33 heavy (non-hydrogen) atoms.